The highest BCUT2D eigenvalue weighted by molar-refractivity contribution is 8.14. The Kier molecular flexibility index (Phi) is 7.32. The van der Waals surface area contributed by atoms with E-state index < -0.39 is 6.04 Å². The highest BCUT2D eigenvalue weighted by Gasteiger charge is 2.24. The SMILES string of the molecule is CC(CC(C)(C)C)CP(C)(=S)CC(C)CC(C)(C)C. The first-order valence-electron chi connectivity index (χ1n) is 7.76. The first kappa shape index (κ1) is 19.7. The molecule has 0 nitrogen and oxygen atoms in total. The van der Waals surface area contributed by atoms with Gasteiger partial charge in [0.1, 0.15) is 0 Å². The molecule has 0 fully saturated rings. The van der Waals surface area contributed by atoms with Crippen LogP contribution < -0.4 is 0 Å². The van der Waals surface area contributed by atoms with E-state index in [9.17, 15) is 0 Å². The van der Waals surface area contributed by atoms with Gasteiger partial charge in [-0.1, -0.05) is 67.2 Å². The topological polar surface area (TPSA) is 0 Å². The smallest absolute Gasteiger partial charge is 0.0211 e. The molecule has 0 aliphatic carbocycles. The van der Waals surface area contributed by atoms with E-state index >= 15 is 0 Å². The maximum Gasteiger partial charge on any atom is -0.0211 e. The molecule has 0 aliphatic rings. The van der Waals surface area contributed by atoms with Crippen molar-refractivity contribution in [3.63, 3.8) is 0 Å². The van der Waals surface area contributed by atoms with E-state index in [1.165, 1.54) is 25.2 Å². The molecule has 0 aromatic heterocycles. The normalized spacial score (nSPS) is 19.8. The van der Waals surface area contributed by atoms with Gasteiger partial charge in [0.15, 0.2) is 0 Å². The second kappa shape index (κ2) is 7.08. The maximum atomic E-state index is 5.99. The number of hydrogen-bond acceptors (Lipinski definition) is 1. The lowest BCUT2D eigenvalue weighted by atomic mass is 9.86. The molecule has 0 saturated carbocycles. The fraction of sp³-hybridized carbons (Fsp3) is 1.00. The van der Waals surface area contributed by atoms with Crippen molar-refractivity contribution in [2.45, 2.75) is 68.2 Å². The summed E-state index contributed by atoms with van der Waals surface area (Å²) in [7, 11) is 0. The standard InChI is InChI=1S/C17H37PS/c1-14(10-16(3,4)5)12-18(9,19)13-15(2)11-17(6,7)8/h14-15H,10-13H2,1-9H3. The Balaban J connectivity index is 4.36. The van der Waals surface area contributed by atoms with E-state index in [0.29, 0.717) is 10.8 Å². The minimum absolute atomic E-state index is 0.436. The highest BCUT2D eigenvalue weighted by atomic mass is 32.4. The van der Waals surface area contributed by atoms with Crippen LogP contribution in [0, 0.1) is 22.7 Å². The molecule has 0 heterocycles. The zero-order valence-corrected chi connectivity index (χ0v) is 16.5. The van der Waals surface area contributed by atoms with E-state index in [-0.39, 0.29) is 0 Å². The highest BCUT2D eigenvalue weighted by Crippen LogP contribution is 2.48. The van der Waals surface area contributed by atoms with Crippen molar-refractivity contribution < 1.29 is 0 Å². The van der Waals surface area contributed by atoms with Crippen LogP contribution >= 0.6 is 6.04 Å². The Morgan fingerprint density at radius 2 is 1.05 bits per heavy atom. The Morgan fingerprint density at radius 3 is 1.26 bits per heavy atom. The minimum atomic E-state index is -1.14. The Bertz CT molecular complexity index is 278. The first-order chi connectivity index (χ1) is 8.20. The third-order valence-electron chi connectivity index (χ3n) is 3.32. The third-order valence-corrected chi connectivity index (χ3v) is 7.00. The largest absolute Gasteiger partial charge is 0.0977 e. The molecular weight excluding hydrogens is 267 g/mol. The zero-order chi connectivity index (χ0) is 15.5. The molecule has 0 bridgehead atoms. The van der Waals surface area contributed by atoms with Crippen molar-refractivity contribution in [2.24, 2.45) is 22.7 Å². The quantitative estimate of drug-likeness (QED) is 0.523. The molecule has 2 atom stereocenters. The van der Waals surface area contributed by atoms with Crippen LogP contribution in [-0.2, 0) is 11.8 Å². The lowest BCUT2D eigenvalue weighted by Crippen LogP contribution is -2.17. The summed E-state index contributed by atoms with van der Waals surface area (Å²) in [4.78, 5) is 0. The van der Waals surface area contributed by atoms with Gasteiger partial charge in [-0.15, -0.1) is 0 Å². The van der Waals surface area contributed by atoms with Crippen molar-refractivity contribution in [3.8, 4) is 0 Å². The van der Waals surface area contributed by atoms with Crippen molar-refractivity contribution in [3.05, 3.63) is 0 Å². The van der Waals surface area contributed by atoms with E-state index in [0.717, 1.165) is 11.8 Å². The molecule has 0 rings (SSSR count). The molecule has 116 valence electrons. The predicted molar refractivity (Wildman–Crippen MR) is 96.4 cm³/mol. The maximum absolute atomic E-state index is 5.99. The van der Waals surface area contributed by atoms with Crippen LogP contribution in [0.5, 0.6) is 0 Å². The lowest BCUT2D eigenvalue weighted by Gasteiger charge is -2.30. The van der Waals surface area contributed by atoms with Gasteiger partial charge >= 0.3 is 0 Å². The van der Waals surface area contributed by atoms with E-state index in [1.807, 2.05) is 0 Å². The molecule has 0 aromatic carbocycles. The molecular formula is C17H37PS. The van der Waals surface area contributed by atoms with Gasteiger partial charge < -0.3 is 0 Å². The molecule has 0 saturated heterocycles. The van der Waals surface area contributed by atoms with Crippen molar-refractivity contribution in [2.75, 3.05) is 19.0 Å². The molecule has 19 heavy (non-hydrogen) atoms. The summed E-state index contributed by atoms with van der Waals surface area (Å²) in [6, 6.07) is -1.14. The van der Waals surface area contributed by atoms with Gasteiger partial charge in [-0.25, -0.2) is 0 Å². The molecule has 2 unspecified atom stereocenters. The summed E-state index contributed by atoms with van der Waals surface area (Å²) in [5.74, 6) is 1.55. The van der Waals surface area contributed by atoms with Crippen LogP contribution in [-0.4, -0.2) is 19.0 Å². The summed E-state index contributed by atoms with van der Waals surface area (Å²) in [6.07, 6.45) is 5.17. The van der Waals surface area contributed by atoms with E-state index in [4.69, 9.17) is 11.8 Å². The van der Waals surface area contributed by atoms with Crippen LogP contribution in [0.15, 0.2) is 0 Å². The second-order valence-corrected chi connectivity index (χ2v) is 15.4. The number of rotatable bonds is 6. The molecule has 0 amide bonds. The van der Waals surface area contributed by atoms with Crippen molar-refractivity contribution >= 4 is 17.8 Å². The molecule has 0 radical (unpaired) electrons. The average molecular weight is 305 g/mol. The van der Waals surface area contributed by atoms with Gasteiger partial charge in [-0.05, 0) is 60.5 Å². The summed E-state index contributed by atoms with van der Waals surface area (Å²) in [6.45, 7) is 21.2. The van der Waals surface area contributed by atoms with Crippen molar-refractivity contribution in [1.29, 1.82) is 0 Å². The molecule has 0 aliphatic heterocycles. The van der Waals surface area contributed by atoms with Crippen LogP contribution in [0.3, 0.4) is 0 Å². The average Bonchev–Trinajstić information content (AvgIpc) is 1.89. The monoisotopic (exact) mass is 304 g/mol. The summed E-state index contributed by atoms with van der Waals surface area (Å²) >= 11 is 5.99. The Morgan fingerprint density at radius 1 is 0.789 bits per heavy atom. The summed E-state index contributed by atoms with van der Waals surface area (Å²) in [5, 5.41) is 0. The second-order valence-electron chi connectivity index (χ2n) is 9.40. The van der Waals surface area contributed by atoms with Gasteiger partial charge in [-0.3, -0.25) is 0 Å². The predicted octanol–water partition coefficient (Wildman–Crippen LogP) is 6.24. The molecule has 2 heteroatoms. The Labute approximate surface area is 128 Å². The Hall–Kier alpha value is 0.650. The first-order valence-corrected chi connectivity index (χ1v) is 11.4. The molecule has 0 aromatic rings. The van der Waals surface area contributed by atoms with Gasteiger partial charge in [0.2, 0.25) is 0 Å². The van der Waals surface area contributed by atoms with Crippen LogP contribution in [0.25, 0.3) is 0 Å². The summed E-state index contributed by atoms with van der Waals surface area (Å²) in [5.41, 5.74) is 0.873. The molecule has 0 spiro atoms. The van der Waals surface area contributed by atoms with Gasteiger partial charge in [-0.2, -0.15) is 0 Å². The van der Waals surface area contributed by atoms with Crippen LogP contribution in [0.4, 0.5) is 0 Å². The van der Waals surface area contributed by atoms with E-state index in [2.05, 4.69) is 62.1 Å². The van der Waals surface area contributed by atoms with Gasteiger partial charge in [0, 0.05) is 0 Å². The summed E-state index contributed by atoms with van der Waals surface area (Å²) < 4.78 is 0. The number of hydrogen-bond donors (Lipinski definition) is 0. The van der Waals surface area contributed by atoms with E-state index in [1.54, 1.807) is 0 Å². The molecule has 0 N–H and O–H groups in total. The zero-order valence-electron chi connectivity index (χ0n) is 14.8. The fourth-order valence-corrected chi connectivity index (χ4v) is 8.18. The fourth-order valence-electron chi connectivity index (χ4n) is 3.61. The van der Waals surface area contributed by atoms with Crippen LogP contribution in [0.2, 0.25) is 0 Å². The van der Waals surface area contributed by atoms with Gasteiger partial charge in [0.25, 0.3) is 0 Å². The van der Waals surface area contributed by atoms with Gasteiger partial charge in [0.05, 0.1) is 0 Å². The van der Waals surface area contributed by atoms with Crippen molar-refractivity contribution in [1.82, 2.24) is 0 Å². The lowest BCUT2D eigenvalue weighted by molar-refractivity contribution is 0.318. The van der Waals surface area contributed by atoms with Crippen LogP contribution in [0.1, 0.15) is 68.2 Å². The third kappa shape index (κ3) is 12.1. The minimum Gasteiger partial charge on any atom is -0.0977 e.